The minimum absolute atomic E-state index is 0.319. The van der Waals surface area contributed by atoms with Crippen LogP contribution in [0, 0.1) is 0 Å². The molecule has 0 saturated heterocycles. The molecule has 0 saturated carbocycles. The third kappa shape index (κ3) is 2.80. The van der Waals surface area contributed by atoms with Crippen molar-refractivity contribution in [1.29, 1.82) is 0 Å². The Labute approximate surface area is 151 Å². The van der Waals surface area contributed by atoms with E-state index in [1.54, 1.807) is 12.1 Å². The number of carbonyl (C=O) groups is 1. The molecule has 1 heterocycles. The van der Waals surface area contributed by atoms with Gasteiger partial charge in [0.15, 0.2) is 9.84 Å². The zero-order valence-corrected chi connectivity index (χ0v) is 15.0. The average Bonchev–Trinajstić information content (AvgIpc) is 2.95. The van der Waals surface area contributed by atoms with Crippen LogP contribution in [0.1, 0.15) is 15.9 Å². The molecule has 0 aliphatic carbocycles. The van der Waals surface area contributed by atoms with Crippen LogP contribution in [0.5, 0.6) is 0 Å². The molecule has 4 aromatic rings. The van der Waals surface area contributed by atoms with Crippen LogP contribution in [0.2, 0.25) is 0 Å². The van der Waals surface area contributed by atoms with E-state index in [0.717, 1.165) is 33.7 Å². The van der Waals surface area contributed by atoms with Crippen LogP contribution in [0.4, 0.5) is 0 Å². The Morgan fingerprint density at radius 2 is 1.58 bits per heavy atom. The van der Waals surface area contributed by atoms with E-state index in [1.165, 1.54) is 6.26 Å². The molecule has 0 fully saturated rings. The van der Waals surface area contributed by atoms with Crippen molar-refractivity contribution in [2.75, 3.05) is 6.26 Å². The molecule has 0 amide bonds. The summed E-state index contributed by atoms with van der Waals surface area (Å²) in [5.74, 6) is 0. The lowest BCUT2D eigenvalue weighted by atomic mass is 10.1. The molecule has 0 radical (unpaired) electrons. The normalized spacial score (nSPS) is 11.9. The van der Waals surface area contributed by atoms with Crippen molar-refractivity contribution in [1.82, 2.24) is 4.57 Å². The van der Waals surface area contributed by atoms with Crippen molar-refractivity contribution in [3.05, 3.63) is 77.9 Å². The Morgan fingerprint density at radius 1 is 0.885 bits per heavy atom. The van der Waals surface area contributed by atoms with Gasteiger partial charge in [0.25, 0.3) is 0 Å². The van der Waals surface area contributed by atoms with Crippen molar-refractivity contribution in [2.24, 2.45) is 0 Å². The van der Waals surface area contributed by atoms with Crippen molar-refractivity contribution >= 4 is 37.9 Å². The van der Waals surface area contributed by atoms with E-state index in [0.29, 0.717) is 17.0 Å². The molecule has 130 valence electrons. The number of aldehydes is 1. The van der Waals surface area contributed by atoms with Crippen LogP contribution >= 0.6 is 0 Å². The highest BCUT2D eigenvalue weighted by Crippen LogP contribution is 2.30. The minimum atomic E-state index is -3.20. The summed E-state index contributed by atoms with van der Waals surface area (Å²) in [6.45, 7) is 0.620. The molecule has 5 heteroatoms. The highest BCUT2D eigenvalue weighted by molar-refractivity contribution is 7.90. The topological polar surface area (TPSA) is 56.1 Å². The Morgan fingerprint density at radius 3 is 2.27 bits per heavy atom. The van der Waals surface area contributed by atoms with E-state index in [4.69, 9.17) is 0 Å². The molecule has 0 spiro atoms. The standard InChI is InChI=1S/C21H17NO3S/c1-26(24,25)17-9-6-15(7-10-17)13-22-20-5-3-2-4-18(20)19-12-16(14-23)8-11-21(19)22/h2-12,14H,13H2,1H3. The molecular formula is C21H17NO3S. The first kappa shape index (κ1) is 16.5. The molecule has 1 aromatic heterocycles. The smallest absolute Gasteiger partial charge is 0.175 e. The van der Waals surface area contributed by atoms with Gasteiger partial charge in [-0.3, -0.25) is 4.79 Å². The van der Waals surface area contributed by atoms with E-state index in [-0.39, 0.29) is 0 Å². The van der Waals surface area contributed by atoms with Gasteiger partial charge in [-0.1, -0.05) is 30.3 Å². The Bertz CT molecular complexity index is 1240. The van der Waals surface area contributed by atoms with E-state index >= 15 is 0 Å². The molecule has 0 aliphatic heterocycles. The van der Waals surface area contributed by atoms with Crippen LogP contribution in [0.25, 0.3) is 21.8 Å². The van der Waals surface area contributed by atoms with Gasteiger partial charge in [0.1, 0.15) is 6.29 Å². The summed E-state index contributed by atoms with van der Waals surface area (Å²) in [5, 5.41) is 2.14. The fourth-order valence-electron chi connectivity index (χ4n) is 3.34. The minimum Gasteiger partial charge on any atom is -0.336 e. The van der Waals surface area contributed by atoms with E-state index in [9.17, 15) is 13.2 Å². The molecule has 4 nitrogen and oxygen atoms in total. The molecule has 0 aliphatic rings. The number of sulfone groups is 1. The number of benzene rings is 3. The first-order chi connectivity index (χ1) is 12.5. The summed E-state index contributed by atoms with van der Waals surface area (Å²) < 4.78 is 25.5. The predicted octanol–water partition coefficient (Wildman–Crippen LogP) is 4.06. The second kappa shape index (κ2) is 6.11. The molecule has 4 rings (SSSR count). The summed E-state index contributed by atoms with van der Waals surface area (Å²) in [5.41, 5.74) is 3.79. The van der Waals surface area contributed by atoms with Gasteiger partial charge in [0, 0.05) is 40.2 Å². The number of hydrogen-bond donors (Lipinski definition) is 0. The van der Waals surface area contributed by atoms with Crippen molar-refractivity contribution < 1.29 is 13.2 Å². The molecule has 0 bridgehead atoms. The Hall–Kier alpha value is -2.92. The lowest BCUT2D eigenvalue weighted by Crippen LogP contribution is -2.01. The summed E-state index contributed by atoms with van der Waals surface area (Å²) in [6, 6.07) is 20.7. The van der Waals surface area contributed by atoms with Gasteiger partial charge in [0.05, 0.1) is 4.90 Å². The summed E-state index contributed by atoms with van der Waals surface area (Å²) in [7, 11) is -3.20. The molecule has 26 heavy (non-hydrogen) atoms. The number of fused-ring (bicyclic) bond motifs is 3. The molecule has 0 N–H and O–H groups in total. The summed E-state index contributed by atoms with van der Waals surface area (Å²) in [4.78, 5) is 11.5. The summed E-state index contributed by atoms with van der Waals surface area (Å²) >= 11 is 0. The number of rotatable bonds is 4. The van der Waals surface area contributed by atoms with Gasteiger partial charge < -0.3 is 4.57 Å². The second-order valence-electron chi connectivity index (χ2n) is 6.41. The SMILES string of the molecule is CS(=O)(=O)c1ccc(Cn2c3ccccc3c3cc(C=O)ccc32)cc1. The van der Waals surface area contributed by atoms with Crippen LogP contribution in [0.3, 0.4) is 0 Å². The Kier molecular flexibility index (Phi) is 3.89. The van der Waals surface area contributed by atoms with E-state index in [2.05, 4.69) is 16.7 Å². The van der Waals surface area contributed by atoms with Gasteiger partial charge in [0.2, 0.25) is 0 Å². The van der Waals surface area contributed by atoms with Crippen LogP contribution < -0.4 is 0 Å². The van der Waals surface area contributed by atoms with Crippen molar-refractivity contribution in [2.45, 2.75) is 11.4 Å². The lowest BCUT2D eigenvalue weighted by Gasteiger charge is -2.08. The van der Waals surface area contributed by atoms with E-state index < -0.39 is 9.84 Å². The number of para-hydroxylation sites is 1. The van der Waals surface area contributed by atoms with Gasteiger partial charge in [-0.15, -0.1) is 0 Å². The van der Waals surface area contributed by atoms with Crippen molar-refractivity contribution in [3.63, 3.8) is 0 Å². The highest BCUT2D eigenvalue weighted by atomic mass is 32.2. The zero-order valence-electron chi connectivity index (χ0n) is 14.2. The lowest BCUT2D eigenvalue weighted by molar-refractivity contribution is 0.112. The van der Waals surface area contributed by atoms with Gasteiger partial charge >= 0.3 is 0 Å². The summed E-state index contributed by atoms with van der Waals surface area (Å²) in [6.07, 6.45) is 2.06. The quantitative estimate of drug-likeness (QED) is 0.514. The largest absolute Gasteiger partial charge is 0.336 e. The molecular weight excluding hydrogens is 346 g/mol. The fraction of sp³-hybridized carbons (Fsp3) is 0.0952. The average molecular weight is 363 g/mol. The maximum Gasteiger partial charge on any atom is 0.175 e. The van der Waals surface area contributed by atoms with Crippen LogP contribution in [-0.2, 0) is 16.4 Å². The van der Waals surface area contributed by atoms with Gasteiger partial charge in [-0.2, -0.15) is 0 Å². The number of nitrogens with zero attached hydrogens (tertiary/aromatic N) is 1. The third-order valence-electron chi connectivity index (χ3n) is 4.62. The van der Waals surface area contributed by atoms with Gasteiger partial charge in [-0.05, 0) is 42.0 Å². The zero-order chi connectivity index (χ0) is 18.3. The first-order valence-electron chi connectivity index (χ1n) is 8.22. The van der Waals surface area contributed by atoms with Crippen molar-refractivity contribution in [3.8, 4) is 0 Å². The highest BCUT2D eigenvalue weighted by Gasteiger charge is 2.12. The number of hydrogen-bond acceptors (Lipinski definition) is 3. The number of aromatic nitrogens is 1. The maximum atomic E-state index is 11.6. The fourth-order valence-corrected chi connectivity index (χ4v) is 3.97. The third-order valence-corrected chi connectivity index (χ3v) is 5.75. The Balaban J connectivity index is 1.86. The molecule has 3 aromatic carbocycles. The van der Waals surface area contributed by atoms with Crippen LogP contribution in [0.15, 0.2) is 71.6 Å². The maximum absolute atomic E-state index is 11.6. The molecule has 0 unspecified atom stereocenters. The number of carbonyl (C=O) groups excluding carboxylic acids is 1. The van der Waals surface area contributed by atoms with E-state index in [1.807, 2.05) is 42.5 Å². The first-order valence-corrected chi connectivity index (χ1v) is 10.1. The second-order valence-corrected chi connectivity index (χ2v) is 8.43. The van der Waals surface area contributed by atoms with Crippen LogP contribution in [-0.4, -0.2) is 25.5 Å². The monoisotopic (exact) mass is 363 g/mol. The molecule has 0 atom stereocenters. The van der Waals surface area contributed by atoms with Gasteiger partial charge in [-0.25, -0.2) is 8.42 Å². The predicted molar refractivity (Wildman–Crippen MR) is 103 cm³/mol.